The zero-order valence-corrected chi connectivity index (χ0v) is 11.9. The van der Waals surface area contributed by atoms with Crippen LogP contribution in [0.1, 0.15) is 12.1 Å². The molecule has 2 heterocycles. The summed E-state index contributed by atoms with van der Waals surface area (Å²) in [4.78, 5) is 0. The molecular formula is C13H16ClN3S. The van der Waals surface area contributed by atoms with Gasteiger partial charge in [0.25, 0.3) is 0 Å². The van der Waals surface area contributed by atoms with Crippen molar-refractivity contribution in [2.24, 2.45) is 7.05 Å². The summed E-state index contributed by atoms with van der Waals surface area (Å²) in [6.45, 7) is 0.798. The van der Waals surface area contributed by atoms with Gasteiger partial charge in [0.2, 0.25) is 0 Å². The van der Waals surface area contributed by atoms with E-state index in [1.165, 1.54) is 17.9 Å². The van der Waals surface area contributed by atoms with Crippen molar-refractivity contribution in [3.8, 4) is 0 Å². The number of aromatic nitrogens is 2. The van der Waals surface area contributed by atoms with Gasteiger partial charge in [-0.25, -0.2) is 0 Å². The summed E-state index contributed by atoms with van der Waals surface area (Å²) in [5.41, 5.74) is 2.15. The lowest BCUT2D eigenvalue weighted by atomic mass is 10.2. The van der Waals surface area contributed by atoms with Crippen LogP contribution in [0.2, 0.25) is 5.02 Å². The van der Waals surface area contributed by atoms with E-state index in [2.05, 4.69) is 16.5 Å². The summed E-state index contributed by atoms with van der Waals surface area (Å²) in [6, 6.07) is 6.58. The summed E-state index contributed by atoms with van der Waals surface area (Å²) in [5.74, 6) is 2.47. The van der Waals surface area contributed by atoms with Crippen LogP contribution in [-0.2, 0) is 13.6 Å². The average molecular weight is 282 g/mol. The van der Waals surface area contributed by atoms with Crippen LogP contribution in [-0.4, -0.2) is 27.3 Å². The van der Waals surface area contributed by atoms with Gasteiger partial charge in [0, 0.05) is 30.8 Å². The maximum atomic E-state index is 6.29. The highest BCUT2D eigenvalue weighted by molar-refractivity contribution is 7.99. The number of hydrogen-bond donors (Lipinski definition) is 1. The van der Waals surface area contributed by atoms with Gasteiger partial charge in [-0.2, -0.15) is 16.9 Å². The molecule has 96 valence electrons. The number of benzene rings is 1. The Hall–Kier alpha value is -0.710. The molecule has 1 aromatic carbocycles. The lowest BCUT2D eigenvalue weighted by Crippen LogP contribution is -2.28. The quantitative estimate of drug-likeness (QED) is 0.938. The SMILES string of the molecule is Cn1nc(CNC2CCSC2)c2c(Cl)cccc21. The first-order chi connectivity index (χ1) is 8.75. The van der Waals surface area contributed by atoms with Crippen LogP contribution in [0.25, 0.3) is 10.9 Å². The number of fused-ring (bicyclic) bond motifs is 1. The second kappa shape index (κ2) is 5.11. The molecule has 0 bridgehead atoms. The zero-order valence-electron chi connectivity index (χ0n) is 10.3. The summed E-state index contributed by atoms with van der Waals surface area (Å²) < 4.78 is 1.90. The molecule has 3 rings (SSSR count). The van der Waals surface area contributed by atoms with Gasteiger partial charge in [0.05, 0.1) is 16.2 Å². The first-order valence-electron chi connectivity index (χ1n) is 6.17. The van der Waals surface area contributed by atoms with Crippen molar-refractivity contribution < 1.29 is 0 Å². The molecule has 1 atom stereocenters. The van der Waals surface area contributed by atoms with E-state index in [9.17, 15) is 0 Å². The second-order valence-electron chi connectivity index (χ2n) is 4.65. The first-order valence-corrected chi connectivity index (χ1v) is 7.70. The molecule has 1 aliphatic rings. The second-order valence-corrected chi connectivity index (χ2v) is 6.20. The number of rotatable bonds is 3. The fraction of sp³-hybridized carbons (Fsp3) is 0.462. The predicted octanol–water partition coefficient (Wildman–Crippen LogP) is 2.82. The van der Waals surface area contributed by atoms with Crippen molar-refractivity contribution >= 4 is 34.3 Å². The molecule has 3 nitrogen and oxygen atoms in total. The summed E-state index contributed by atoms with van der Waals surface area (Å²) in [6.07, 6.45) is 1.25. The van der Waals surface area contributed by atoms with E-state index in [-0.39, 0.29) is 0 Å². The van der Waals surface area contributed by atoms with Gasteiger partial charge in [-0.3, -0.25) is 4.68 Å². The summed E-state index contributed by atoms with van der Waals surface area (Å²) in [7, 11) is 1.97. The lowest BCUT2D eigenvalue weighted by molar-refractivity contribution is 0.549. The minimum atomic E-state index is 0.620. The van der Waals surface area contributed by atoms with Gasteiger partial charge in [0.15, 0.2) is 0 Å². The number of nitrogens with zero attached hydrogens (tertiary/aromatic N) is 2. The number of thioether (sulfide) groups is 1. The molecule has 1 N–H and O–H groups in total. The van der Waals surface area contributed by atoms with Crippen LogP contribution in [0.15, 0.2) is 18.2 Å². The highest BCUT2D eigenvalue weighted by atomic mass is 35.5. The van der Waals surface area contributed by atoms with Crippen molar-refractivity contribution in [1.29, 1.82) is 0 Å². The van der Waals surface area contributed by atoms with Crippen molar-refractivity contribution in [3.05, 3.63) is 28.9 Å². The Labute approximate surface area is 116 Å². The van der Waals surface area contributed by atoms with E-state index < -0.39 is 0 Å². The molecule has 1 unspecified atom stereocenters. The zero-order chi connectivity index (χ0) is 12.5. The largest absolute Gasteiger partial charge is 0.307 e. The van der Waals surface area contributed by atoms with Crippen LogP contribution in [0.5, 0.6) is 0 Å². The number of aryl methyl sites for hydroxylation is 1. The van der Waals surface area contributed by atoms with E-state index in [0.717, 1.165) is 28.2 Å². The number of hydrogen-bond acceptors (Lipinski definition) is 3. The Bertz CT molecular complexity index is 561. The van der Waals surface area contributed by atoms with E-state index in [1.807, 2.05) is 35.6 Å². The highest BCUT2D eigenvalue weighted by Crippen LogP contribution is 2.26. The minimum absolute atomic E-state index is 0.620. The predicted molar refractivity (Wildman–Crippen MR) is 78.3 cm³/mol. The molecule has 0 saturated carbocycles. The van der Waals surface area contributed by atoms with Gasteiger partial charge >= 0.3 is 0 Å². The Morgan fingerprint density at radius 1 is 1.56 bits per heavy atom. The topological polar surface area (TPSA) is 29.9 Å². The molecular weight excluding hydrogens is 266 g/mol. The Morgan fingerprint density at radius 3 is 3.22 bits per heavy atom. The summed E-state index contributed by atoms with van der Waals surface area (Å²) >= 11 is 8.30. The molecule has 0 amide bonds. The lowest BCUT2D eigenvalue weighted by Gasteiger charge is -2.09. The van der Waals surface area contributed by atoms with Gasteiger partial charge in [-0.15, -0.1) is 0 Å². The maximum Gasteiger partial charge on any atom is 0.0856 e. The molecule has 1 saturated heterocycles. The molecule has 1 fully saturated rings. The first kappa shape index (κ1) is 12.3. The Balaban J connectivity index is 1.87. The van der Waals surface area contributed by atoms with Gasteiger partial charge in [-0.1, -0.05) is 17.7 Å². The smallest absolute Gasteiger partial charge is 0.0856 e. The van der Waals surface area contributed by atoms with Gasteiger partial charge in [0.1, 0.15) is 0 Å². The normalized spacial score (nSPS) is 19.8. The van der Waals surface area contributed by atoms with E-state index in [4.69, 9.17) is 11.6 Å². The summed E-state index contributed by atoms with van der Waals surface area (Å²) in [5, 5.41) is 10.0. The Kier molecular flexibility index (Phi) is 3.50. The molecule has 18 heavy (non-hydrogen) atoms. The molecule has 5 heteroatoms. The third-order valence-corrected chi connectivity index (χ3v) is 4.86. The van der Waals surface area contributed by atoms with Crippen molar-refractivity contribution in [2.45, 2.75) is 19.0 Å². The monoisotopic (exact) mass is 281 g/mol. The van der Waals surface area contributed by atoms with Crippen LogP contribution in [0.4, 0.5) is 0 Å². The highest BCUT2D eigenvalue weighted by Gasteiger charge is 2.17. The van der Waals surface area contributed by atoms with E-state index in [1.54, 1.807) is 0 Å². The van der Waals surface area contributed by atoms with Crippen molar-refractivity contribution in [2.75, 3.05) is 11.5 Å². The number of nitrogens with one attached hydrogen (secondary N) is 1. The third-order valence-electron chi connectivity index (χ3n) is 3.39. The van der Waals surface area contributed by atoms with Crippen LogP contribution < -0.4 is 5.32 Å². The fourth-order valence-electron chi connectivity index (χ4n) is 2.41. The molecule has 1 aliphatic heterocycles. The van der Waals surface area contributed by atoms with Gasteiger partial charge in [-0.05, 0) is 24.3 Å². The molecule has 0 spiro atoms. The maximum absolute atomic E-state index is 6.29. The van der Waals surface area contributed by atoms with Crippen LogP contribution >= 0.6 is 23.4 Å². The van der Waals surface area contributed by atoms with Crippen molar-refractivity contribution in [3.63, 3.8) is 0 Å². The standard InChI is InChI=1S/C13H16ClN3S/c1-17-12-4-2-3-10(14)13(12)11(16-17)7-15-9-5-6-18-8-9/h2-4,9,15H,5-8H2,1H3. The van der Waals surface area contributed by atoms with E-state index >= 15 is 0 Å². The van der Waals surface area contributed by atoms with Crippen LogP contribution in [0.3, 0.4) is 0 Å². The molecule has 0 radical (unpaired) electrons. The average Bonchev–Trinajstić information content (AvgIpc) is 2.96. The Morgan fingerprint density at radius 2 is 2.44 bits per heavy atom. The fourth-order valence-corrected chi connectivity index (χ4v) is 3.88. The molecule has 2 aromatic rings. The third kappa shape index (κ3) is 2.25. The van der Waals surface area contributed by atoms with Gasteiger partial charge < -0.3 is 5.32 Å². The van der Waals surface area contributed by atoms with Crippen LogP contribution in [0, 0.1) is 0 Å². The molecule has 0 aliphatic carbocycles. The van der Waals surface area contributed by atoms with E-state index in [0.29, 0.717) is 6.04 Å². The van der Waals surface area contributed by atoms with Crippen molar-refractivity contribution in [1.82, 2.24) is 15.1 Å². The number of halogens is 1. The minimum Gasteiger partial charge on any atom is -0.307 e. The molecule has 1 aromatic heterocycles.